The molecule has 3 unspecified atom stereocenters. The summed E-state index contributed by atoms with van der Waals surface area (Å²) in [5.74, 6) is -1.33. The van der Waals surface area contributed by atoms with Crippen LogP contribution in [0.1, 0.15) is 20.8 Å². The molecule has 0 aromatic heterocycles. The van der Waals surface area contributed by atoms with Crippen LogP contribution in [0.2, 0.25) is 0 Å². The molecule has 4 heteroatoms. The summed E-state index contributed by atoms with van der Waals surface area (Å²) in [6.45, 7) is 4.71. The van der Waals surface area contributed by atoms with Crippen molar-refractivity contribution >= 4 is 5.97 Å². The summed E-state index contributed by atoms with van der Waals surface area (Å²) in [5.41, 5.74) is -0.876. The summed E-state index contributed by atoms with van der Waals surface area (Å²) in [7, 11) is 0. The average molecular weight is 174 g/mol. The predicted octanol–water partition coefficient (Wildman–Crippen LogP) is -0.320. The molecule has 1 aliphatic heterocycles. The van der Waals surface area contributed by atoms with Crippen molar-refractivity contribution < 1.29 is 19.7 Å². The van der Waals surface area contributed by atoms with E-state index in [4.69, 9.17) is 9.84 Å². The molecule has 0 saturated carbocycles. The zero-order valence-electron chi connectivity index (χ0n) is 7.44. The van der Waals surface area contributed by atoms with E-state index in [1.54, 1.807) is 13.8 Å². The van der Waals surface area contributed by atoms with Gasteiger partial charge in [-0.3, -0.25) is 4.79 Å². The fourth-order valence-electron chi connectivity index (χ4n) is 1.41. The minimum Gasteiger partial charge on any atom is -0.457 e. The van der Waals surface area contributed by atoms with Gasteiger partial charge in [-0.1, -0.05) is 0 Å². The highest BCUT2D eigenvalue weighted by Gasteiger charge is 2.51. The third-order valence-corrected chi connectivity index (χ3v) is 2.21. The lowest BCUT2D eigenvalue weighted by Gasteiger charge is -2.22. The summed E-state index contributed by atoms with van der Waals surface area (Å²) in [6, 6.07) is 0. The first-order valence-electron chi connectivity index (χ1n) is 3.95. The van der Waals surface area contributed by atoms with Crippen molar-refractivity contribution in [2.75, 3.05) is 0 Å². The number of rotatable bonds is 1. The van der Waals surface area contributed by atoms with Gasteiger partial charge in [-0.2, -0.15) is 0 Å². The van der Waals surface area contributed by atoms with E-state index in [1.165, 1.54) is 6.92 Å². The highest BCUT2D eigenvalue weighted by molar-refractivity contribution is 5.77. The zero-order valence-corrected chi connectivity index (χ0v) is 7.44. The lowest BCUT2D eigenvalue weighted by Crippen LogP contribution is -2.38. The molecule has 0 bridgehead atoms. The predicted molar refractivity (Wildman–Crippen MR) is 41.3 cm³/mol. The van der Waals surface area contributed by atoms with E-state index in [0.29, 0.717) is 0 Å². The Labute approximate surface area is 71.2 Å². The third-order valence-electron chi connectivity index (χ3n) is 2.21. The van der Waals surface area contributed by atoms with E-state index in [-0.39, 0.29) is 0 Å². The molecular formula is C8H14O4. The highest BCUT2D eigenvalue weighted by Crippen LogP contribution is 2.32. The number of cyclic esters (lactones) is 1. The van der Waals surface area contributed by atoms with Gasteiger partial charge in [0.15, 0.2) is 0 Å². The van der Waals surface area contributed by atoms with Gasteiger partial charge in [-0.05, 0) is 20.8 Å². The molecule has 4 nitrogen and oxygen atoms in total. The SMILES string of the molecule is CC(O)C1C(=O)OC(C)(C)C1O. The highest BCUT2D eigenvalue weighted by atomic mass is 16.6. The second-order valence-corrected chi connectivity index (χ2v) is 3.74. The molecule has 1 aliphatic rings. The van der Waals surface area contributed by atoms with Gasteiger partial charge in [0.25, 0.3) is 0 Å². The number of hydrogen-bond acceptors (Lipinski definition) is 4. The van der Waals surface area contributed by atoms with E-state index in [2.05, 4.69) is 0 Å². The minimum atomic E-state index is -0.926. The van der Waals surface area contributed by atoms with Gasteiger partial charge in [0, 0.05) is 0 Å². The van der Waals surface area contributed by atoms with Crippen molar-refractivity contribution in [2.45, 2.75) is 38.6 Å². The van der Waals surface area contributed by atoms with Crippen LogP contribution in [0.4, 0.5) is 0 Å². The van der Waals surface area contributed by atoms with Crippen LogP contribution in [-0.2, 0) is 9.53 Å². The van der Waals surface area contributed by atoms with Gasteiger partial charge in [-0.15, -0.1) is 0 Å². The van der Waals surface area contributed by atoms with E-state index in [0.717, 1.165) is 0 Å². The second-order valence-electron chi connectivity index (χ2n) is 3.74. The summed E-state index contributed by atoms with van der Waals surface area (Å²) in [4.78, 5) is 11.1. The molecule has 0 spiro atoms. The Morgan fingerprint density at radius 1 is 1.58 bits per heavy atom. The number of hydrogen-bond donors (Lipinski definition) is 2. The van der Waals surface area contributed by atoms with E-state index < -0.39 is 29.7 Å². The second kappa shape index (κ2) is 2.71. The molecule has 1 fully saturated rings. The van der Waals surface area contributed by atoms with Crippen LogP contribution < -0.4 is 0 Å². The molecule has 2 N–H and O–H groups in total. The van der Waals surface area contributed by atoms with Crippen molar-refractivity contribution in [3.63, 3.8) is 0 Å². The van der Waals surface area contributed by atoms with Gasteiger partial charge in [0.2, 0.25) is 0 Å². The minimum absolute atomic E-state index is 0.525. The van der Waals surface area contributed by atoms with Gasteiger partial charge < -0.3 is 14.9 Å². The summed E-state index contributed by atoms with van der Waals surface area (Å²) in [5, 5.41) is 18.7. The molecule has 12 heavy (non-hydrogen) atoms. The molecule has 0 aromatic rings. The molecule has 0 aliphatic carbocycles. The van der Waals surface area contributed by atoms with Gasteiger partial charge in [0.05, 0.1) is 6.10 Å². The van der Waals surface area contributed by atoms with Crippen LogP contribution in [0.25, 0.3) is 0 Å². The Bertz CT molecular complexity index is 197. The number of carbonyl (C=O) groups excluding carboxylic acids is 1. The number of carbonyl (C=O) groups is 1. The van der Waals surface area contributed by atoms with Gasteiger partial charge in [0.1, 0.15) is 17.6 Å². The molecule has 1 rings (SSSR count). The monoisotopic (exact) mass is 174 g/mol. The Balaban J connectivity index is 2.85. The normalized spacial score (nSPS) is 36.2. The molecule has 1 heterocycles. The largest absolute Gasteiger partial charge is 0.457 e. The zero-order chi connectivity index (χ0) is 9.52. The Morgan fingerprint density at radius 3 is 2.25 bits per heavy atom. The first-order valence-corrected chi connectivity index (χ1v) is 3.95. The molecule has 70 valence electrons. The number of aliphatic hydroxyl groups is 2. The van der Waals surface area contributed by atoms with Crippen LogP contribution in [0.5, 0.6) is 0 Å². The van der Waals surface area contributed by atoms with Crippen LogP contribution in [-0.4, -0.2) is 34.0 Å². The standard InChI is InChI=1S/C8H14O4/c1-4(9)5-6(10)8(2,3)12-7(5)11/h4-6,9-10H,1-3H3. The van der Waals surface area contributed by atoms with Crippen LogP contribution in [0.3, 0.4) is 0 Å². The topological polar surface area (TPSA) is 66.8 Å². The first-order chi connectivity index (χ1) is 5.36. The first kappa shape index (κ1) is 9.48. The molecule has 0 radical (unpaired) electrons. The summed E-state index contributed by atoms with van der Waals surface area (Å²) >= 11 is 0. The fourth-order valence-corrected chi connectivity index (χ4v) is 1.41. The van der Waals surface area contributed by atoms with E-state index in [9.17, 15) is 9.90 Å². The van der Waals surface area contributed by atoms with Crippen molar-refractivity contribution in [1.82, 2.24) is 0 Å². The lowest BCUT2D eigenvalue weighted by molar-refractivity contribution is -0.150. The van der Waals surface area contributed by atoms with Gasteiger partial charge in [-0.25, -0.2) is 0 Å². The third kappa shape index (κ3) is 1.32. The number of aliphatic hydroxyl groups excluding tert-OH is 2. The van der Waals surface area contributed by atoms with Crippen LogP contribution in [0, 0.1) is 5.92 Å². The van der Waals surface area contributed by atoms with Crippen LogP contribution >= 0.6 is 0 Å². The molecule has 3 atom stereocenters. The Kier molecular flexibility index (Phi) is 2.14. The maximum absolute atomic E-state index is 11.1. The molecule has 0 aromatic carbocycles. The van der Waals surface area contributed by atoms with Crippen molar-refractivity contribution in [2.24, 2.45) is 5.92 Å². The Hall–Kier alpha value is -0.610. The van der Waals surface area contributed by atoms with Crippen molar-refractivity contribution in [3.05, 3.63) is 0 Å². The fraction of sp³-hybridized carbons (Fsp3) is 0.875. The average Bonchev–Trinajstić information content (AvgIpc) is 2.02. The quantitative estimate of drug-likeness (QED) is 0.535. The molecular weight excluding hydrogens is 160 g/mol. The smallest absolute Gasteiger partial charge is 0.315 e. The van der Waals surface area contributed by atoms with Gasteiger partial charge >= 0.3 is 5.97 Å². The Morgan fingerprint density at radius 2 is 2.08 bits per heavy atom. The van der Waals surface area contributed by atoms with E-state index >= 15 is 0 Å². The van der Waals surface area contributed by atoms with Crippen molar-refractivity contribution in [1.29, 1.82) is 0 Å². The van der Waals surface area contributed by atoms with Crippen molar-refractivity contribution in [3.8, 4) is 0 Å². The molecule has 0 amide bonds. The number of ether oxygens (including phenoxy) is 1. The van der Waals surface area contributed by atoms with Crippen LogP contribution in [0.15, 0.2) is 0 Å². The lowest BCUT2D eigenvalue weighted by atomic mass is 9.90. The summed E-state index contributed by atoms with van der Waals surface area (Å²) in [6.07, 6.45) is -1.79. The van der Waals surface area contributed by atoms with E-state index in [1.807, 2.05) is 0 Å². The maximum Gasteiger partial charge on any atom is 0.315 e. The summed E-state index contributed by atoms with van der Waals surface area (Å²) < 4.78 is 4.89. The molecule has 1 saturated heterocycles. The maximum atomic E-state index is 11.1. The number of esters is 1.